The van der Waals surface area contributed by atoms with Crippen LogP contribution in [0, 0.1) is 0 Å². The zero-order valence-corrected chi connectivity index (χ0v) is 14.8. The second kappa shape index (κ2) is 6.50. The Morgan fingerprint density at radius 2 is 1.89 bits per heavy atom. The van der Waals surface area contributed by atoms with Crippen molar-refractivity contribution in [2.45, 2.75) is 32.1 Å². The average Bonchev–Trinajstić information content (AvgIpc) is 3.01. The molecule has 2 aromatic carbocycles. The van der Waals surface area contributed by atoms with Crippen molar-refractivity contribution in [1.29, 1.82) is 0 Å². The van der Waals surface area contributed by atoms with Gasteiger partial charge < -0.3 is 9.52 Å². The van der Waals surface area contributed by atoms with Crippen molar-refractivity contribution in [3.05, 3.63) is 69.6 Å². The van der Waals surface area contributed by atoms with Crippen molar-refractivity contribution in [1.82, 2.24) is 0 Å². The zero-order chi connectivity index (χ0) is 19.1. The fraction of sp³-hybridized carbons (Fsp3) is 0.227. The second-order valence-electron chi connectivity index (χ2n) is 6.77. The first-order chi connectivity index (χ1) is 13.0. The third-order valence-corrected chi connectivity index (χ3v) is 5.21. The molecule has 5 nitrogen and oxygen atoms in total. The topological polar surface area (TPSA) is 84.6 Å². The van der Waals surface area contributed by atoms with Gasteiger partial charge in [-0.3, -0.25) is 9.59 Å². The Labute approximate surface area is 155 Å². The van der Waals surface area contributed by atoms with Crippen LogP contribution in [0.2, 0.25) is 0 Å². The monoisotopic (exact) mass is 362 g/mol. The fourth-order valence-corrected chi connectivity index (χ4v) is 3.89. The Balaban J connectivity index is 2.14. The maximum absolute atomic E-state index is 12.8. The van der Waals surface area contributed by atoms with E-state index in [0.717, 1.165) is 11.1 Å². The Kier molecular flexibility index (Phi) is 4.15. The molecular weight excluding hydrogens is 344 g/mol. The van der Waals surface area contributed by atoms with Crippen molar-refractivity contribution in [2.75, 3.05) is 0 Å². The number of aliphatic carboxylic acids is 1. The highest BCUT2D eigenvalue weighted by Crippen LogP contribution is 2.37. The maximum Gasteiger partial charge on any atom is 0.340 e. The summed E-state index contributed by atoms with van der Waals surface area (Å²) >= 11 is 0. The number of fused-ring (bicyclic) bond motifs is 2. The molecule has 1 N–H and O–H groups in total. The van der Waals surface area contributed by atoms with Gasteiger partial charge in [0.1, 0.15) is 5.58 Å². The van der Waals surface area contributed by atoms with Crippen LogP contribution >= 0.6 is 0 Å². The molecular formula is C22H18O5. The fourth-order valence-electron chi connectivity index (χ4n) is 3.89. The molecule has 0 amide bonds. The van der Waals surface area contributed by atoms with E-state index in [0.29, 0.717) is 34.9 Å². The number of rotatable bonds is 4. The smallest absolute Gasteiger partial charge is 0.340 e. The molecule has 0 radical (unpaired) electrons. The molecule has 1 unspecified atom stereocenters. The van der Waals surface area contributed by atoms with Crippen LogP contribution in [0.5, 0.6) is 0 Å². The van der Waals surface area contributed by atoms with Gasteiger partial charge in [-0.05, 0) is 36.1 Å². The Morgan fingerprint density at radius 1 is 1.15 bits per heavy atom. The molecule has 0 aliphatic heterocycles. The molecule has 1 aromatic heterocycles. The molecule has 4 rings (SSSR count). The van der Waals surface area contributed by atoms with Crippen LogP contribution in [0.15, 0.2) is 51.7 Å². The number of benzene rings is 2. The molecule has 5 heteroatoms. The van der Waals surface area contributed by atoms with E-state index in [1.807, 2.05) is 36.4 Å². The zero-order valence-electron chi connectivity index (χ0n) is 14.8. The lowest BCUT2D eigenvalue weighted by molar-refractivity contribution is -0.138. The molecule has 3 aromatic rings. The van der Waals surface area contributed by atoms with Crippen molar-refractivity contribution in [3.63, 3.8) is 0 Å². The lowest BCUT2D eigenvalue weighted by Gasteiger charge is -2.17. The summed E-state index contributed by atoms with van der Waals surface area (Å²) in [4.78, 5) is 36.7. The number of carboxylic acid groups (broad SMARTS) is 1. The maximum atomic E-state index is 12.8. The van der Waals surface area contributed by atoms with Gasteiger partial charge in [0.25, 0.3) is 0 Å². The lowest BCUT2D eigenvalue weighted by Crippen LogP contribution is -2.21. The lowest BCUT2D eigenvalue weighted by atomic mass is 9.87. The number of hydrogen-bond donors (Lipinski definition) is 1. The molecule has 1 heterocycles. The van der Waals surface area contributed by atoms with Gasteiger partial charge in [0.05, 0.1) is 11.5 Å². The number of ketones is 1. The number of hydrogen-bond acceptors (Lipinski definition) is 4. The van der Waals surface area contributed by atoms with Crippen LogP contribution in [0.1, 0.15) is 47.2 Å². The summed E-state index contributed by atoms with van der Waals surface area (Å²) in [5, 5.41) is 10.3. The average molecular weight is 362 g/mol. The predicted octanol–water partition coefficient (Wildman–Crippen LogP) is 4.17. The molecule has 0 saturated heterocycles. The predicted molar refractivity (Wildman–Crippen MR) is 101 cm³/mol. The SMILES string of the molecule is CCC(C(=O)O)c1c(-c2ccccc2)c2cc3c(cc2oc1=O)C(=O)CC3. The number of carbonyl (C=O) groups is 2. The van der Waals surface area contributed by atoms with Gasteiger partial charge in [-0.25, -0.2) is 4.79 Å². The number of Topliss-reactive ketones (excluding diaryl/α,β-unsaturated/α-hetero) is 1. The highest BCUT2D eigenvalue weighted by Gasteiger charge is 2.29. The minimum absolute atomic E-state index is 0.0388. The van der Waals surface area contributed by atoms with E-state index in [1.165, 1.54) is 0 Å². The number of carbonyl (C=O) groups excluding carboxylic acids is 1. The van der Waals surface area contributed by atoms with E-state index in [4.69, 9.17) is 4.42 Å². The summed E-state index contributed by atoms with van der Waals surface area (Å²) in [5.41, 5.74) is 2.65. The van der Waals surface area contributed by atoms with Crippen LogP contribution in [-0.2, 0) is 11.2 Å². The minimum atomic E-state index is -1.06. The number of aryl methyl sites for hydroxylation is 1. The molecule has 1 aliphatic carbocycles. The van der Waals surface area contributed by atoms with Crippen molar-refractivity contribution >= 4 is 22.7 Å². The molecule has 0 bridgehead atoms. The molecule has 1 aliphatic rings. The summed E-state index contributed by atoms with van der Waals surface area (Å²) < 4.78 is 5.49. The van der Waals surface area contributed by atoms with E-state index >= 15 is 0 Å². The third-order valence-electron chi connectivity index (χ3n) is 5.21. The second-order valence-corrected chi connectivity index (χ2v) is 6.77. The molecule has 27 heavy (non-hydrogen) atoms. The summed E-state index contributed by atoms with van der Waals surface area (Å²) in [6.07, 6.45) is 1.36. The van der Waals surface area contributed by atoms with E-state index < -0.39 is 17.5 Å². The van der Waals surface area contributed by atoms with Gasteiger partial charge in [-0.15, -0.1) is 0 Å². The van der Waals surface area contributed by atoms with Gasteiger partial charge in [0.2, 0.25) is 0 Å². The van der Waals surface area contributed by atoms with Gasteiger partial charge in [0, 0.05) is 22.9 Å². The minimum Gasteiger partial charge on any atom is -0.481 e. The number of carboxylic acids is 1. The Bertz CT molecular complexity index is 1120. The first-order valence-electron chi connectivity index (χ1n) is 8.96. The van der Waals surface area contributed by atoms with Crippen molar-refractivity contribution < 1.29 is 19.1 Å². The third kappa shape index (κ3) is 2.76. The molecule has 1 atom stereocenters. The molecule has 136 valence electrons. The first kappa shape index (κ1) is 17.2. The summed E-state index contributed by atoms with van der Waals surface area (Å²) in [5.74, 6) is -1.98. The highest BCUT2D eigenvalue weighted by atomic mass is 16.4. The van der Waals surface area contributed by atoms with Gasteiger partial charge in [-0.2, -0.15) is 0 Å². The normalized spacial score (nSPS) is 14.3. The Hall–Kier alpha value is -3.21. The van der Waals surface area contributed by atoms with E-state index in [-0.39, 0.29) is 17.8 Å². The summed E-state index contributed by atoms with van der Waals surface area (Å²) in [6.45, 7) is 1.73. The van der Waals surface area contributed by atoms with Crippen LogP contribution in [-0.4, -0.2) is 16.9 Å². The Morgan fingerprint density at radius 3 is 2.56 bits per heavy atom. The standard InChI is InChI=1S/C22H18O5/c1-2-14(21(24)25)20-19(12-6-4-3-5-7-12)16-10-13-8-9-17(23)15(13)11-18(16)27-22(20)26/h3-7,10-11,14H,2,8-9H2,1H3,(H,24,25). The highest BCUT2D eigenvalue weighted by molar-refractivity contribution is 6.06. The van der Waals surface area contributed by atoms with Gasteiger partial charge in [-0.1, -0.05) is 37.3 Å². The van der Waals surface area contributed by atoms with Crippen LogP contribution < -0.4 is 5.63 Å². The van der Waals surface area contributed by atoms with Crippen molar-refractivity contribution in [3.8, 4) is 11.1 Å². The van der Waals surface area contributed by atoms with Gasteiger partial charge in [0.15, 0.2) is 5.78 Å². The molecule has 0 spiro atoms. The first-order valence-corrected chi connectivity index (χ1v) is 8.96. The molecule has 0 fully saturated rings. The largest absolute Gasteiger partial charge is 0.481 e. The van der Waals surface area contributed by atoms with Crippen LogP contribution in [0.3, 0.4) is 0 Å². The van der Waals surface area contributed by atoms with Gasteiger partial charge >= 0.3 is 11.6 Å². The van der Waals surface area contributed by atoms with Crippen LogP contribution in [0.4, 0.5) is 0 Å². The summed E-state index contributed by atoms with van der Waals surface area (Å²) in [7, 11) is 0. The molecule has 0 saturated carbocycles. The summed E-state index contributed by atoms with van der Waals surface area (Å²) in [6, 6.07) is 12.8. The quantitative estimate of drug-likeness (QED) is 0.704. The van der Waals surface area contributed by atoms with Crippen molar-refractivity contribution in [2.24, 2.45) is 0 Å². The van der Waals surface area contributed by atoms with E-state index in [2.05, 4.69) is 0 Å². The van der Waals surface area contributed by atoms with E-state index in [9.17, 15) is 19.5 Å². The van der Waals surface area contributed by atoms with Crippen LogP contribution in [0.25, 0.3) is 22.1 Å². The van der Waals surface area contributed by atoms with E-state index in [1.54, 1.807) is 13.0 Å².